The van der Waals surface area contributed by atoms with Crippen LogP contribution in [-0.4, -0.2) is 28.4 Å². The molecule has 0 aromatic heterocycles. The van der Waals surface area contributed by atoms with E-state index in [1.165, 1.54) is 19.3 Å². The van der Waals surface area contributed by atoms with Crippen LogP contribution in [0.25, 0.3) is 0 Å². The van der Waals surface area contributed by atoms with E-state index in [4.69, 9.17) is 18.0 Å². The third-order valence-electron chi connectivity index (χ3n) is 4.98. The summed E-state index contributed by atoms with van der Waals surface area (Å²) < 4.78 is 0. The maximum Gasteiger partial charge on any atom is 0.235 e. The van der Waals surface area contributed by atoms with Crippen molar-refractivity contribution < 1.29 is 4.79 Å². The molecule has 18 heavy (non-hydrogen) atoms. The third-order valence-corrected chi connectivity index (χ3v) is 5.43. The van der Waals surface area contributed by atoms with Gasteiger partial charge in [0.05, 0.1) is 10.4 Å². The standard InChI is InChI=1S/C14H24N2OS/c1-3-14(2,12(15)18)13(17)16-9-5-7-10-6-4-8-11(10)16/h10-11H,3-9H2,1-2H3,(H2,15,18). The van der Waals surface area contributed by atoms with Gasteiger partial charge in [-0.05, 0) is 44.9 Å². The molecule has 2 rings (SSSR count). The number of fused-ring (bicyclic) bond motifs is 1. The van der Waals surface area contributed by atoms with Crippen molar-refractivity contribution in [3.8, 4) is 0 Å². The van der Waals surface area contributed by atoms with Gasteiger partial charge in [-0.25, -0.2) is 0 Å². The molecule has 1 aliphatic heterocycles. The second-order valence-electron chi connectivity index (χ2n) is 5.95. The van der Waals surface area contributed by atoms with Crippen LogP contribution in [0.5, 0.6) is 0 Å². The monoisotopic (exact) mass is 268 g/mol. The molecule has 1 heterocycles. The highest BCUT2D eigenvalue weighted by molar-refractivity contribution is 7.80. The van der Waals surface area contributed by atoms with Crippen LogP contribution >= 0.6 is 12.2 Å². The average molecular weight is 268 g/mol. The van der Waals surface area contributed by atoms with E-state index in [0.29, 0.717) is 17.5 Å². The second-order valence-corrected chi connectivity index (χ2v) is 6.39. The molecule has 1 saturated carbocycles. The minimum atomic E-state index is -0.653. The van der Waals surface area contributed by atoms with Crippen molar-refractivity contribution in [3.05, 3.63) is 0 Å². The average Bonchev–Trinajstić information content (AvgIpc) is 2.84. The van der Waals surface area contributed by atoms with Gasteiger partial charge >= 0.3 is 0 Å². The van der Waals surface area contributed by atoms with Gasteiger partial charge in [-0.1, -0.05) is 25.6 Å². The van der Waals surface area contributed by atoms with Crippen molar-refractivity contribution in [2.45, 2.75) is 58.4 Å². The van der Waals surface area contributed by atoms with Crippen LogP contribution < -0.4 is 5.73 Å². The smallest absolute Gasteiger partial charge is 0.235 e. The number of nitrogens with zero attached hydrogens (tertiary/aromatic N) is 1. The number of carbonyl (C=O) groups excluding carboxylic acids is 1. The Morgan fingerprint density at radius 3 is 2.67 bits per heavy atom. The van der Waals surface area contributed by atoms with E-state index in [2.05, 4.69) is 4.90 Å². The maximum absolute atomic E-state index is 12.8. The van der Waals surface area contributed by atoms with Gasteiger partial charge in [0.25, 0.3) is 0 Å². The highest BCUT2D eigenvalue weighted by atomic mass is 32.1. The summed E-state index contributed by atoms with van der Waals surface area (Å²) in [5.74, 6) is 0.879. The summed E-state index contributed by atoms with van der Waals surface area (Å²) >= 11 is 5.13. The summed E-state index contributed by atoms with van der Waals surface area (Å²) in [7, 11) is 0. The van der Waals surface area contributed by atoms with Crippen LogP contribution in [0.4, 0.5) is 0 Å². The molecule has 1 amide bonds. The number of amides is 1. The third kappa shape index (κ3) is 2.15. The topological polar surface area (TPSA) is 46.3 Å². The largest absolute Gasteiger partial charge is 0.392 e. The van der Waals surface area contributed by atoms with Crippen LogP contribution in [0.2, 0.25) is 0 Å². The minimum absolute atomic E-state index is 0.161. The van der Waals surface area contributed by atoms with Gasteiger partial charge in [0.15, 0.2) is 0 Å². The van der Waals surface area contributed by atoms with E-state index in [1.807, 2.05) is 13.8 Å². The summed E-state index contributed by atoms with van der Waals surface area (Å²) in [6.45, 7) is 4.78. The minimum Gasteiger partial charge on any atom is -0.392 e. The van der Waals surface area contributed by atoms with Crippen LogP contribution in [-0.2, 0) is 4.79 Å². The normalized spacial score (nSPS) is 30.7. The molecular weight excluding hydrogens is 244 g/mol. The molecule has 0 aromatic carbocycles. The summed E-state index contributed by atoms with van der Waals surface area (Å²) in [5, 5.41) is 0. The molecule has 3 nitrogen and oxygen atoms in total. The number of carbonyl (C=O) groups is 1. The number of likely N-dealkylation sites (tertiary alicyclic amines) is 1. The fraction of sp³-hybridized carbons (Fsp3) is 0.857. The number of hydrogen-bond donors (Lipinski definition) is 1. The number of piperidine rings is 1. The zero-order chi connectivity index (χ0) is 13.3. The first-order valence-corrected chi connectivity index (χ1v) is 7.52. The number of thiocarbonyl (C=S) groups is 1. The van der Waals surface area contributed by atoms with E-state index in [0.717, 1.165) is 25.3 Å². The quantitative estimate of drug-likeness (QED) is 0.800. The van der Waals surface area contributed by atoms with Crippen molar-refractivity contribution in [1.29, 1.82) is 0 Å². The van der Waals surface area contributed by atoms with E-state index >= 15 is 0 Å². The Kier molecular flexibility index (Phi) is 3.95. The molecular formula is C14H24N2OS. The van der Waals surface area contributed by atoms with Crippen molar-refractivity contribution in [3.63, 3.8) is 0 Å². The zero-order valence-corrected chi connectivity index (χ0v) is 12.3. The molecule has 1 aliphatic carbocycles. The molecule has 0 spiro atoms. The molecule has 0 aromatic rings. The Hall–Kier alpha value is -0.640. The first-order chi connectivity index (χ1) is 8.50. The highest BCUT2D eigenvalue weighted by Gasteiger charge is 2.44. The SMILES string of the molecule is CCC(C)(C(=O)N1CCCC2CCCC21)C(N)=S. The Labute approximate surface area is 115 Å². The lowest BCUT2D eigenvalue weighted by Crippen LogP contribution is -2.54. The first kappa shape index (κ1) is 13.8. The fourth-order valence-electron chi connectivity index (χ4n) is 3.45. The molecule has 2 N–H and O–H groups in total. The summed E-state index contributed by atoms with van der Waals surface area (Å²) in [5.41, 5.74) is 5.16. The first-order valence-electron chi connectivity index (χ1n) is 7.11. The molecule has 2 aliphatic rings. The second kappa shape index (κ2) is 5.16. The van der Waals surface area contributed by atoms with Gasteiger partial charge in [-0.15, -0.1) is 0 Å². The summed E-state index contributed by atoms with van der Waals surface area (Å²) in [6, 6.07) is 0.450. The van der Waals surface area contributed by atoms with Gasteiger partial charge in [0.1, 0.15) is 0 Å². The zero-order valence-electron chi connectivity index (χ0n) is 11.4. The van der Waals surface area contributed by atoms with E-state index in [-0.39, 0.29) is 5.91 Å². The molecule has 1 saturated heterocycles. The van der Waals surface area contributed by atoms with Crippen molar-refractivity contribution in [1.82, 2.24) is 4.90 Å². The molecule has 0 radical (unpaired) electrons. The molecule has 0 bridgehead atoms. The Morgan fingerprint density at radius 2 is 2.06 bits per heavy atom. The van der Waals surface area contributed by atoms with Crippen molar-refractivity contribution >= 4 is 23.1 Å². The Morgan fingerprint density at radius 1 is 1.39 bits per heavy atom. The Balaban J connectivity index is 2.19. The van der Waals surface area contributed by atoms with Crippen molar-refractivity contribution in [2.24, 2.45) is 17.1 Å². The molecule has 2 fully saturated rings. The lowest BCUT2D eigenvalue weighted by atomic mass is 9.83. The predicted octanol–water partition coefficient (Wildman–Crippen LogP) is 2.48. The number of hydrogen-bond acceptors (Lipinski definition) is 2. The van der Waals surface area contributed by atoms with Crippen molar-refractivity contribution in [2.75, 3.05) is 6.54 Å². The highest BCUT2D eigenvalue weighted by Crippen LogP contribution is 2.39. The van der Waals surface area contributed by atoms with Crippen LogP contribution in [0, 0.1) is 11.3 Å². The van der Waals surface area contributed by atoms with Gasteiger partial charge in [-0.3, -0.25) is 4.79 Å². The van der Waals surface area contributed by atoms with E-state index in [9.17, 15) is 4.79 Å². The number of nitrogens with two attached hydrogens (primary N) is 1. The van der Waals surface area contributed by atoms with Gasteiger partial charge < -0.3 is 10.6 Å². The summed E-state index contributed by atoms with van der Waals surface area (Å²) in [6.07, 6.45) is 6.80. The summed E-state index contributed by atoms with van der Waals surface area (Å²) in [4.78, 5) is 15.2. The molecule has 102 valence electrons. The van der Waals surface area contributed by atoms with Crippen LogP contribution in [0.1, 0.15) is 52.4 Å². The Bertz CT molecular complexity index is 358. The molecule has 3 atom stereocenters. The lowest BCUT2D eigenvalue weighted by Gasteiger charge is -2.42. The van der Waals surface area contributed by atoms with Gasteiger partial charge in [0.2, 0.25) is 5.91 Å². The lowest BCUT2D eigenvalue weighted by molar-refractivity contribution is -0.142. The van der Waals surface area contributed by atoms with Gasteiger partial charge in [-0.2, -0.15) is 0 Å². The van der Waals surface area contributed by atoms with E-state index in [1.54, 1.807) is 0 Å². The van der Waals surface area contributed by atoms with Crippen LogP contribution in [0.15, 0.2) is 0 Å². The number of rotatable bonds is 3. The van der Waals surface area contributed by atoms with E-state index < -0.39 is 5.41 Å². The van der Waals surface area contributed by atoms with Crippen LogP contribution in [0.3, 0.4) is 0 Å². The van der Waals surface area contributed by atoms with Gasteiger partial charge in [0, 0.05) is 12.6 Å². The maximum atomic E-state index is 12.8. The molecule has 3 unspecified atom stereocenters. The predicted molar refractivity (Wildman–Crippen MR) is 77.3 cm³/mol. The molecule has 4 heteroatoms. The fourth-order valence-corrected chi connectivity index (χ4v) is 3.69.